The van der Waals surface area contributed by atoms with Gasteiger partial charge in [-0.2, -0.15) is 5.26 Å². The van der Waals surface area contributed by atoms with Crippen molar-refractivity contribution in [3.05, 3.63) is 27.3 Å². The second-order valence-corrected chi connectivity index (χ2v) is 3.83. The van der Waals surface area contributed by atoms with Gasteiger partial charge in [0.25, 0.3) is 0 Å². The van der Waals surface area contributed by atoms with E-state index in [0.717, 1.165) is 9.26 Å². The molecule has 0 atom stereocenters. The molecule has 0 aliphatic heterocycles. The molecule has 62 valence electrons. The molecule has 3 heteroatoms. The normalized spacial score (nSPS) is 9.17. The van der Waals surface area contributed by atoms with Crippen molar-refractivity contribution in [2.45, 2.75) is 0 Å². The highest BCUT2D eigenvalue weighted by molar-refractivity contribution is 14.1. The van der Waals surface area contributed by atoms with Crippen LogP contribution in [-0.2, 0) is 0 Å². The lowest BCUT2D eigenvalue weighted by atomic mass is 10.2. The van der Waals surface area contributed by atoms with E-state index in [4.69, 9.17) is 5.26 Å². The Morgan fingerprint density at radius 3 is 2.50 bits per heavy atom. The molecule has 1 aromatic carbocycles. The largest absolute Gasteiger partial charge is 0.377 e. The van der Waals surface area contributed by atoms with E-state index in [2.05, 4.69) is 28.7 Å². The first-order valence-electron chi connectivity index (χ1n) is 3.52. The number of hydrogen-bond donors (Lipinski definition) is 0. The molecule has 0 saturated heterocycles. The maximum Gasteiger partial charge on any atom is 0.0992 e. The van der Waals surface area contributed by atoms with Crippen molar-refractivity contribution < 1.29 is 0 Å². The quantitative estimate of drug-likeness (QED) is 0.733. The molecular weight excluding hydrogens is 263 g/mol. The van der Waals surface area contributed by atoms with Crippen molar-refractivity contribution in [3.63, 3.8) is 0 Å². The number of benzene rings is 1. The third kappa shape index (κ3) is 1.89. The van der Waals surface area contributed by atoms with Gasteiger partial charge in [0.2, 0.25) is 0 Å². The average molecular weight is 272 g/mol. The summed E-state index contributed by atoms with van der Waals surface area (Å²) < 4.78 is 1.11. The molecule has 0 aromatic heterocycles. The fourth-order valence-corrected chi connectivity index (χ4v) is 1.94. The molecule has 1 aromatic rings. The smallest absolute Gasteiger partial charge is 0.0992 e. The molecule has 0 fully saturated rings. The summed E-state index contributed by atoms with van der Waals surface area (Å²) >= 11 is 2.23. The Kier molecular flexibility index (Phi) is 2.93. The molecular formula is C9H9IN2. The fraction of sp³-hybridized carbons (Fsp3) is 0.222. The lowest BCUT2D eigenvalue weighted by molar-refractivity contribution is 1.12. The van der Waals surface area contributed by atoms with E-state index >= 15 is 0 Å². The number of halogens is 1. The lowest BCUT2D eigenvalue weighted by Gasteiger charge is -2.14. The Hall–Kier alpha value is -0.760. The highest BCUT2D eigenvalue weighted by Crippen LogP contribution is 2.21. The summed E-state index contributed by atoms with van der Waals surface area (Å²) in [4.78, 5) is 2.03. The Labute approximate surface area is 85.9 Å². The van der Waals surface area contributed by atoms with Crippen molar-refractivity contribution >= 4 is 28.3 Å². The maximum absolute atomic E-state index is 8.62. The van der Waals surface area contributed by atoms with Gasteiger partial charge in [-0.1, -0.05) is 0 Å². The minimum atomic E-state index is 0.713. The van der Waals surface area contributed by atoms with Gasteiger partial charge in [0.05, 0.1) is 11.6 Å². The third-order valence-electron chi connectivity index (χ3n) is 1.56. The number of hydrogen-bond acceptors (Lipinski definition) is 2. The van der Waals surface area contributed by atoms with E-state index in [1.165, 1.54) is 0 Å². The zero-order valence-corrected chi connectivity index (χ0v) is 9.16. The molecule has 0 aliphatic carbocycles. The van der Waals surface area contributed by atoms with Gasteiger partial charge in [-0.15, -0.1) is 0 Å². The second-order valence-electron chi connectivity index (χ2n) is 2.67. The molecule has 0 amide bonds. The summed E-state index contributed by atoms with van der Waals surface area (Å²) in [5.41, 5.74) is 1.86. The van der Waals surface area contributed by atoms with Gasteiger partial charge in [0, 0.05) is 23.4 Å². The van der Waals surface area contributed by atoms with Crippen LogP contribution in [0, 0.1) is 14.9 Å². The SMILES string of the molecule is CN(C)c1ccc(C#N)cc1I. The van der Waals surface area contributed by atoms with Crippen molar-refractivity contribution in [1.82, 2.24) is 0 Å². The van der Waals surface area contributed by atoms with E-state index in [0.29, 0.717) is 5.56 Å². The summed E-state index contributed by atoms with van der Waals surface area (Å²) in [5, 5.41) is 8.62. The molecule has 0 radical (unpaired) electrons. The highest BCUT2D eigenvalue weighted by atomic mass is 127. The lowest BCUT2D eigenvalue weighted by Crippen LogP contribution is -2.10. The van der Waals surface area contributed by atoms with Gasteiger partial charge >= 0.3 is 0 Å². The number of rotatable bonds is 1. The molecule has 0 bridgehead atoms. The van der Waals surface area contributed by atoms with Crippen LogP contribution in [0.5, 0.6) is 0 Å². The second kappa shape index (κ2) is 3.76. The van der Waals surface area contributed by atoms with Crippen LogP contribution in [0.2, 0.25) is 0 Å². The van der Waals surface area contributed by atoms with Crippen molar-refractivity contribution in [3.8, 4) is 6.07 Å². The van der Waals surface area contributed by atoms with Gasteiger partial charge in [-0.25, -0.2) is 0 Å². The molecule has 0 aliphatic rings. The third-order valence-corrected chi connectivity index (χ3v) is 2.42. The van der Waals surface area contributed by atoms with Crippen molar-refractivity contribution in [2.24, 2.45) is 0 Å². The number of nitrogens with zero attached hydrogens (tertiary/aromatic N) is 2. The summed E-state index contributed by atoms with van der Waals surface area (Å²) in [5.74, 6) is 0. The van der Waals surface area contributed by atoms with Gasteiger partial charge in [0.15, 0.2) is 0 Å². The molecule has 1 rings (SSSR count). The van der Waals surface area contributed by atoms with Crippen LogP contribution in [0.1, 0.15) is 5.56 Å². The standard InChI is InChI=1S/C9H9IN2/c1-12(2)9-4-3-7(6-11)5-8(9)10/h3-5H,1-2H3. The minimum absolute atomic E-state index is 0.713. The van der Waals surface area contributed by atoms with Gasteiger partial charge < -0.3 is 4.90 Å². The van der Waals surface area contributed by atoms with E-state index in [1.54, 1.807) is 0 Å². The zero-order chi connectivity index (χ0) is 9.14. The van der Waals surface area contributed by atoms with E-state index in [1.807, 2.05) is 37.2 Å². The van der Waals surface area contributed by atoms with Crippen molar-refractivity contribution in [2.75, 3.05) is 19.0 Å². The summed E-state index contributed by atoms with van der Waals surface area (Å²) in [6.45, 7) is 0. The van der Waals surface area contributed by atoms with Crippen LogP contribution in [0.25, 0.3) is 0 Å². The average Bonchev–Trinajstić information content (AvgIpc) is 2.03. The first kappa shape index (κ1) is 9.33. The van der Waals surface area contributed by atoms with Crippen LogP contribution in [0.15, 0.2) is 18.2 Å². The molecule has 0 N–H and O–H groups in total. The van der Waals surface area contributed by atoms with Gasteiger partial charge in [-0.3, -0.25) is 0 Å². The summed E-state index contributed by atoms with van der Waals surface area (Å²) in [7, 11) is 3.98. The fourth-order valence-electron chi connectivity index (χ4n) is 0.939. The molecule has 0 heterocycles. The Balaban J connectivity index is 3.14. The van der Waals surface area contributed by atoms with Gasteiger partial charge in [-0.05, 0) is 40.8 Å². The molecule has 0 saturated carbocycles. The first-order valence-corrected chi connectivity index (χ1v) is 4.60. The van der Waals surface area contributed by atoms with Gasteiger partial charge in [0.1, 0.15) is 0 Å². The molecule has 2 nitrogen and oxygen atoms in total. The topological polar surface area (TPSA) is 27.0 Å². The van der Waals surface area contributed by atoms with Crippen LogP contribution < -0.4 is 4.90 Å². The predicted molar refractivity (Wildman–Crippen MR) is 58.2 cm³/mol. The Bertz CT molecular complexity index is 326. The van der Waals surface area contributed by atoms with E-state index in [-0.39, 0.29) is 0 Å². The van der Waals surface area contributed by atoms with Crippen LogP contribution in [0.3, 0.4) is 0 Å². The predicted octanol–water partition coefficient (Wildman–Crippen LogP) is 2.23. The summed E-state index contributed by atoms with van der Waals surface area (Å²) in [6, 6.07) is 7.78. The molecule has 12 heavy (non-hydrogen) atoms. The number of anilines is 1. The maximum atomic E-state index is 8.62. The number of nitriles is 1. The minimum Gasteiger partial charge on any atom is -0.377 e. The monoisotopic (exact) mass is 272 g/mol. The van der Waals surface area contributed by atoms with Crippen LogP contribution in [0.4, 0.5) is 5.69 Å². The highest BCUT2D eigenvalue weighted by Gasteiger charge is 2.01. The van der Waals surface area contributed by atoms with Crippen LogP contribution >= 0.6 is 22.6 Å². The molecule has 0 unspecified atom stereocenters. The zero-order valence-electron chi connectivity index (χ0n) is 7.00. The molecule has 0 spiro atoms. The Morgan fingerprint density at radius 1 is 1.42 bits per heavy atom. The van der Waals surface area contributed by atoms with Crippen molar-refractivity contribution in [1.29, 1.82) is 5.26 Å². The Morgan fingerprint density at radius 2 is 2.08 bits per heavy atom. The van der Waals surface area contributed by atoms with Crippen LogP contribution in [-0.4, -0.2) is 14.1 Å². The summed E-state index contributed by atoms with van der Waals surface area (Å²) in [6.07, 6.45) is 0. The van der Waals surface area contributed by atoms with E-state index in [9.17, 15) is 0 Å². The first-order chi connectivity index (χ1) is 5.65. The van der Waals surface area contributed by atoms with E-state index < -0.39 is 0 Å².